The Kier molecular flexibility index (Phi) is 3.97. The molecule has 2 aromatic rings. The Morgan fingerprint density at radius 1 is 1.26 bits per heavy atom. The van der Waals surface area contributed by atoms with E-state index in [1.54, 1.807) is 18.2 Å². The normalized spacial score (nSPS) is 10.2. The number of carbonyl (C=O) groups is 1. The first kappa shape index (κ1) is 13.3. The lowest BCUT2D eigenvalue weighted by atomic mass is 10.2. The number of nitrogens with zero attached hydrogens (tertiary/aromatic N) is 1. The molecule has 98 valence electrons. The summed E-state index contributed by atoms with van der Waals surface area (Å²) in [6, 6.07) is 9.03. The molecular weight excluding hydrogens is 271 g/mol. The van der Waals surface area contributed by atoms with E-state index >= 15 is 0 Å². The van der Waals surface area contributed by atoms with Crippen molar-refractivity contribution < 1.29 is 14.3 Å². The van der Waals surface area contributed by atoms with Gasteiger partial charge in [-0.25, -0.2) is 14.2 Å². The van der Waals surface area contributed by atoms with Crippen LogP contribution in [0.5, 0.6) is 0 Å². The molecule has 0 spiro atoms. The van der Waals surface area contributed by atoms with Gasteiger partial charge in [0.2, 0.25) is 0 Å². The predicted molar refractivity (Wildman–Crippen MR) is 69.9 cm³/mol. The van der Waals surface area contributed by atoms with E-state index in [9.17, 15) is 9.18 Å². The summed E-state index contributed by atoms with van der Waals surface area (Å²) < 4.78 is 12.7. The molecule has 19 heavy (non-hydrogen) atoms. The van der Waals surface area contributed by atoms with Crippen LogP contribution in [0, 0.1) is 5.82 Å². The summed E-state index contributed by atoms with van der Waals surface area (Å²) >= 11 is 5.71. The number of nitrogens with one attached hydrogen (secondary N) is 1. The molecule has 6 heteroatoms. The first-order valence-electron chi connectivity index (χ1n) is 5.44. The highest BCUT2D eigenvalue weighted by atomic mass is 35.5. The maximum Gasteiger partial charge on any atom is 0.356 e. The average molecular weight is 281 g/mol. The number of halogens is 2. The maximum absolute atomic E-state index is 12.7. The number of hydrogen-bond donors (Lipinski definition) is 2. The van der Waals surface area contributed by atoms with Gasteiger partial charge in [-0.3, -0.25) is 0 Å². The minimum absolute atomic E-state index is 0.0832. The second-order valence-electron chi connectivity index (χ2n) is 3.81. The van der Waals surface area contributed by atoms with Crippen LogP contribution >= 0.6 is 11.6 Å². The quantitative estimate of drug-likeness (QED) is 0.903. The Bertz CT molecular complexity index is 602. The summed E-state index contributed by atoms with van der Waals surface area (Å²) in [4.78, 5) is 14.8. The van der Waals surface area contributed by atoms with Gasteiger partial charge in [0.25, 0.3) is 0 Å². The first-order chi connectivity index (χ1) is 9.06. The van der Waals surface area contributed by atoms with Gasteiger partial charge in [0.05, 0.1) is 5.02 Å². The average Bonchev–Trinajstić information content (AvgIpc) is 2.39. The molecule has 0 aliphatic rings. The molecular formula is C13H10ClFN2O2. The number of rotatable bonds is 4. The van der Waals surface area contributed by atoms with Gasteiger partial charge in [0, 0.05) is 6.54 Å². The van der Waals surface area contributed by atoms with Crippen LogP contribution in [0.2, 0.25) is 5.02 Å². The van der Waals surface area contributed by atoms with Crippen LogP contribution in [-0.4, -0.2) is 16.1 Å². The third-order valence-electron chi connectivity index (χ3n) is 2.44. The molecule has 2 rings (SSSR count). The number of anilines is 1. The molecule has 0 saturated heterocycles. The topological polar surface area (TPSA) is 62.2 Å². The maximum atomic E-state index is 12.7. The molecule has 1 heterocycles. The number of aromatic nitrogens is 1. The molecule has 0 unspecified atom stereocenters. The third-order valence-corrected chi connectivity index (χ3v) is 2.74. The van der Waals surface area contributed by atoms with Crippen LogP contribution in [0.3, 0.4) is 0 Å². The lowest BCUT2D eigenvalue weighted by Gasteiger charge is -2.07. The number of hydrogen-bond acceptors (Lipinski definition) is 3. The molecule has 0 amide bonds. The Morgan fingerprint density at radius 2 is 1.95 bits per heavy atom. The second-order valence-corrected chi connectivity index (χ2v) is 4.22. The minimum Gasteiger partial charge on any atom is -0.476 e. The van der Waals surface area contributed by atoms with Gasteiger partial charge in [-0.15, -0.1) is 0 Å². The zero-order valence-electron chi connectivity index (χ0n) is 9.73. The first-order valence-corrected chi connectivity index (χ1v) is 5.82. The van der Waals surface area contributed by atoms with E-state index in [4.69, 9.17) is 16.7 Å². The molecule has 0 saturated carbocycles. The van der Waals surface area contributed by atoms with E-state index < -0.39 is 5.97 Å². The van der Waals surface area contributed by atoms with E-state index in [0.717, 1.165) is 5.56 Å². The van der Waals surface area contributed by atoms with E-state index in [-0.39, 0.29) is 16.5 Å². The zero-order chi connectivity index (χ0) is 13.8. The number of benzene rings is 1. The molecule has 1 aromatic heterocycles. The van der Waals surface area contributed by atoms with E-state index in [0.29, 0.717) is 12.4 Å². The predicted octanol–water partition coefficient (Wildman–Crippen LogP) is 3.18. The zero-order valence-corrected chi connectivity index (χ0v) is 10.5. The van der Waals surface area contributed by atoms with Crippen molar-refractivity contribution in [1.29, 1.82) is 0 Å². The lowest BCUT2D eigenvalue weighted by Crippen LogP contribution is -2.06. The molecule has 0 atom stereocenters. The van der Waals surface area contributed by atoms with Crippen molar-refractivity contribution >= 4 is 23.4 Å². The number of carboxylic acid groups (broad SMARTS) is 1. The highest BCUT2D eigenvalue weighted by Crippen LogP contribution is 2.17. The molecule has 0 aliphatic carbocycles. The fraction of sp³-hybridized carbons (Fsp3) is 0.0769. The van der Waals surface area contributed by atoms with Crippen molar-refractivity contribution in [3.8, 4) is 0 Å². The van der Waals surface area contributed by atoms with Gasteiger partial charge >= 0.3 is 5.97 Å². The van der Waals surface area contributed by atoms with Crippen molar-refractivity contribution in [1.82, 2.24) is 4.98 Å². The molecule has 0 aliphatic heterocycles. The van der Waals surface area contributed by atoms with Crippen LogP contribution in [0.4, 0.5) is 10.2 Å². The SMILES string of the molecule is O=C(O)c1nc(NCc2ccc(F)cc2)ccc1Cl. The van der Waals surface area contributed by atoms with Gasteiger partial charge in [0.1, 0.15) is 11.6 Å². The van der Waals surface area contributed by atoms with Gasteiger partial charge in [-0.1, -0.05) is 23.7 Å². The van der Waals surface area contributed by atoms with Crippen molar-refractivity contribution in [3.63, 3.8) is 0 Å². The fourth-order valence-corrected chi connectivity index (χ4v) is 1.67. The van der Waals surface area contributed by atoms with Gasteiger partial charge in [-0.05, 0) is 29.8 Å². The Hall–Kier alpha value is -2.14. The van der Waals surface area contributed by atoms with Crippen LogP contribution in [0.1, 0.15) is 16.1 Å². The van der Waals surface area contributed by atoms with Crippen molar-refractivity contribution in [3.05, 3.63) is 58.5 Å². The summed E-state index contributed by atoms with van der Waals surface area (Å²) in [5.74, 6) is -1.09. The third kappa shape index (κ3) is 3.42. The van der Waals surface area contributed by atoms with E-state index in [2.05, 4.69) is 10.3 Å². The van der Waals surface area contributed by atoms with E-state index in [1.165, 1.54) is 18.2 Å². The summed E-state index contributed by atoms with van der Waals surface area (Å²) in [6.07, 6.45) is 0. The fourth-order valence-electron chi connectivity index (χ4n) is 1.49. The van der Waals surface area contributed by atoms with Crippen molar-refractivity contribution in [2.24, 2.45) is 0 Å². The number of aromatic carboxylic acids is 1. The van der Waals surface area contributed by atoms with Crippen LogP contribution in [0.15, 0.2) is 36.4 Å². The lowest BCUT2D eigenvalue weighted by molar-refractivity contribution is 0.0691. The molecule has 4 nitrogen and oxygen atoms in total. The molecule has 0 fully saturated rings. The molecule has 0 bridgehead atoms. The van der Waals surface area contributed by atoms with E-state index in [1.807, 2.05) is 0 Å². The standard InChI is InChI=1S/C13H10ClFN2O2/c14-10-5-6-11(17-12(10)13(18)19)16-7-8-1-3-9(15)4-2-8/h1-6H,7H2,(H,16,17)(H,18,19). The number of carboxylic acids is 1. The van der Waals surface area contributed by atoms with Gasteiger partial charge in [0.15, 0.2) is 5.69 Å². The van der Waals surface area contributed by atoms with Gasteiger partial charge in [-0.2, -0.15) is 0 Å². The van der Waals surface area contributed by atoms with Crippen LogP contribution < -0.4 is 5.32 Å². The Labute approximate surface area is 113 Å². The largest absolute Gasteiger partial charge is 0.476 e. The van der Waals surface area contributed by atoms with Crippen molar-refractivity contribution in [2.45, 2.75) is 6.54 Å². The molecule has 2 N–H and O–H groups in total. The Balaban J connectivity index is 2.09. The highest BCUT2D eigenvalue weighted by Gasteiger charge is 2.11. The summed E-state index contributed by atoms with van der Waals surface area (Å²) in [5.41, 5.74) is 0.654. The summed E-state index contributed by atoms with van der Waals surface area (Å²) in [6.45, 7) is 0.411. The smallest absolute Gasteiger partial charge is 0.356 e. The summed E-state index contributed by atoms with van der Waals surface area (Å²) in [5, 5.41) is 11.9. The van der Waals surface area contributed by atoms with Gasteiger partial charge < -0.3 is 10.4 Å². The minimum atomic E-state index is -1.18. The number of pyridine rings is 1. The molecule has 0 radical (unpaired) electrons. The Morgan fingerprint density at radius 3 is 2.58 bits per heavy atom. The van der Waals surface area contributed by atoms with Crippen LogP contribution in [-0.2, 0) is 6.54 Å². The highest BCUT2D eigenvalue weighted by molar-refractivity contribution is 6.33. The van der Waals surface area contributed by atoms with Crippen molar-refractivity contribution in [2.75, 3.05) is 5.32 Å². The van der Waals surface area contributed by atoms with Crippen LogP contribution in [0.25, 0.3) is 0 Å². The monoisotopic (exact) mass is 280 g/mol. The second kappa shape index (κ2) is 5.67. The molecule has 1 aromatic carbocycles. The summed E-state index contributed by atoms with van der Waals surface area (Å²) in [7, 11) is 0.